The second kappa shape index (κ2) is 4.38. The van der Waals surface area contributed by atoms with Crippen LogP contribution in [0, 0.1) is 0 Å². The molecule has 1 aliphatic rings. The monoisotopic (exact) mass is 214 g/mol. The van der Waals surface area contributed by atoms with E-state index in [2.05, 4.69) is 0 Å². The first kappa shape index (κ1) is 11.6. The molecule has 0 aromatic rings. The highest BCUT2D eigenvalue weighted by molar-refractivity contribution is 5.78. The molecule has 4 heteroatoms. The summed E-state index contributed by atoms with van der Waals surface area (Å²) >= 11 is 0. The molecule has 15 heavy (non-hydrogen) atoms. The molecule has 0 N–H and O–H groups in total. The van der Waals surface area contributed by atoms with E-state index in [9.17, 15) is 13.6 Å². The minimum atomic E-state index is -2.94. The van der Waals surface area contributed by atoms with Crippen molar-refractivity contribution in [2.75, 3.05) is 7.11 Å². The van der Waals surface area contributed by atoms with Crippen LogP contribution in [0.2, 0.25) is 0 Å². The van der Waals surface area contributed by atoms with Gasteiger partial charge in [-0.15, -0.1) is 0 Å². The average molecular weight is 214 g/mol. The topological polar surface area (TPSA) is 26.3 Å². The Balaban J connectivity index is 3.09. The largest absolute Gasteiger partial charge is 0.501 e. The van der Waals surface area contributed by atoms with Gasteiger partial charge in [0.2, 0.25) is 0 Å². The summed E-state index contributed by atoms with van der Waals surface area (Å²) in [6.45, 7) is 0.805. The molecule has 82 valence electrons. The third-order valence-electron chi connectivity index (χ3n) is 2.13. The molecule has 1 rings (SSSR count). The van der Waals surface area contributed by atoms with Crippen molar-refractivity contribution in [3.63, 3.8) is 0 Å². The lowest BCUT2D eigenvalue weighted by Crippen LogP contribution is -2.14. The van der Waals surface area contributed by atoms with Crippen LogP contribution in [0.4, 0.5) is 8.78 Å². The van der Waals surface area contributed by atoms with Crippen LogP contribution in [-0.4, -0.2) is 19.3 Å². The van der Waals surface area contributed by atoms with Crippen LogP contribution in [0.5, 0.6) is 0 Å². The third kappa shape index (κ3) is 3.01. The van der Waals surface area contributed by atoms with E-state index >= 15 is 0 Å². The van der Waals surface area contributed by atoms with Crippen LogP contribution >= 0.6 is 0 Å². The highest BCUT2D eigenvalue weighted by Crippen LogP contribution is 2.31. The van der Waals surface area contributed by atoms with Gasteiger partial charge in [-0.25, -0.2) is 8.78 Å². The van der Waals surface area contributed by atoms with Gasteiger partial charge in [0, 0.05) is 24.5 Å². The summed E-state index contributed by atoms with van der Waals surface area (Å²) in [6, 6.07) is 0. The minimum absolute atomic E-state index is 0.0217. The maximum absolute atomic E-state index is 13.1. The third-order valence-corrected chi connectivity index (χ3v) is 2.13. The van der Waals surface area contributed by atoms with Gasteiger partial charge in [0.25, 0.3) is 5.92 Å². The lowest BCUT2D eigenvalue weighted by atomic mass is 10.0. The van der Waals surface area contributed by atoms with Crippen molar-refractivity contribution in [1.82, 2.24) is 0 Å². The number of methoxy groups -OCH3 is 1. The maximum atomic E-state index is 13.1. The number of aldehydes is 1. The normalized spacial score (nSPS) is 17.2. The number of hydrogen-bond acceptors (Lipinski definition) is 2. The van der Waals surface area contributed by atoms with Crippen LogP contribution in [0.25, 0.3) is 0 Å². The van der Waals surface area contributed by atoms with Crippen LogP contribution in [0.1, 0.15) is 13.3 Å². The van der Waals surface area contributed by atoms with E-state index in [0.717, 1.165) is 6.92 Å². The van der Waals surface area contributed by atoms with Crippen LogP contribution < -0.4 is 0 Å². The Morgan fingerprint density at radius 3 is 2.60 bits per heavy atom. The van der Waals surface area contributed by atoms with E-state index in [0.29, 0.717) is 12.0 Å². The first-order valence-electron chi connectivity index (χ1n) is 4.46. The fourth-order valence-corrected chi connectivity index (χ4v) is 1.23. The van der Waals surface area contributed by atoms with Crippen LogP contribution in [-0.2, 0) is 9.53 Å². The van der Waals surface area contributed by atoms with Gasteiger partial charge in [-0.3, -0.25) is 4.79 Å². The quantitative estimate of drug-likeness (QED) is 0.675. The van der Waals surface area contributed by atoms with Crippen molar-refractivity contribution in [3.05, 3.63) is 35.1 Å². The van der Waals surface area contributed by atoms with Gasteiger partial charge in [-0.05, 0) is 18.2 Å². The first-order valence-corrected chi connectivity index (χ1v) is 4.46. The van der Waals surface area contributed by atoms with Gasteiger partial charge in [0.1, 0.15) is 6.29 Å². The van der Waals surface area contributed by atoms with Gasteiger partial charge < -0.3 is 4.74 Å². The van der Waals surface area contributed by atoms with Crippen molar-refractivity contribution < 1.29 is 18.3 Å². The van der Waals surface area contributed by atoms with E-state index in [-0.39, 0.29) is 17.6 Å². The van der Waals surface area contributed by atoms with Crippen molar-refractivity contribution in [2.24, 2.45) is 0 Å². The minimum Gasteiger partial charge on any atom is -0.501 e. The Hall–Kier alpha value is -1.45. The summed E-state index contributed by atoms with van der Waals surface area (Å²) < 4.78 is 31.1. The first-order chi connectivity index (χ1) is 6.97. The summed E-state index contributed by atoms with van der Waals surface area (Å²) in [5.41, 5.74) is 0.102. The van der Waals surface area contributed by atoms with E-state index in [4.69, 9.17) is 4.74 Å². The second-order valence-electron chi connectivity index (χ2n) is 3.36. The summed E-state index contributed by atoms with van der Waals surface area (Å²) in [7, 11) is 1.41. The van der Waals surface area contributed by atoms with Gasteiger partial charge >= 0.3 is 0 Å². The Morgan fingerprint density at radius 2 is 2.13 bits per heavy atom. The van der Waals surface area contributed by atoms with E-state index in [1.807, 2.05) is 0 Å². The number of halogens is 2. The molecular weight excluding hydrogens is 202 g/mol. The van der Waals surface area contributed by atoms with E-state index in [1.165, 1.54) is 25.3 Å². The molecule has 0 saturated carbocycles. The fraction of sp³-hybridized carbons (Fsp3) is 0.364. The molecule has 2 nitrogen and oxygen atoms in total. The lowest BCUT2D eigenvalue weighted by Gasteiger charge is -2.15. The highest BCUT2D eigenvalue weighted by Gasteiger charge is 2.29. The standard InChI is InChI=1S/C11H12F2O2/c1-11(12,13)9-5-8(7-14)3-4-10(6-9)15-2/h3-5,7H,6H2,1-2H3. The van der Waals surface area contributed by atoms with E-state index < -0.39 is 5.92 Å². The van der Waals surface area contributed by atoms with Crippen molar-refractivity contribution in [3.8, 4) is 0 Å². The number of hydrogen-bond donors (Lipinski definition) is 0. The Kier molecular flexibility index (Phi) is 3.39. The molecule has 1 aliphatic carbocycles. The van der Waals surface area contributed by atoms with Crippen molar-refractivity contribution in [1.29, 1.82) is 0 Å². The summed E-state index contributed by atoms with van der Waals surface area (Å²) in [5.74, 6) is -2.52. The molecule has 0 aliphatic heterocycles. The van der Waals surface area contributed by atoms with Crippen LogP contribution in [0.15, 0.2) is 35.1 Å². The molecule has 0 heterocycles. The number of allylic oxidation sites excluding steroid dienone is 5. The zero-order valence-electron chi connectivity index (χ0n) is 8.59. The molecule has 0 radical (unpaired) electrons. The summed E-state index contributed by atoms with van der Waals surface area (Å²) in [6.07, 6.45) is 4.76. The molecule has 0 spiro atoms. The number of carbonyl (C=O) groups excluding carboxylic acids is 1. The highest BCUT2D eigenvalue weighted by atomic mass is 19.3. The van der Waals surface area contributed by atoms with Crippen LogP contribution in [0.3, 0.4) is 0 Å². The zero-order valence-corrected chi connectivity index (χ0v) is 8.59. The molecule has 0 unspecified atom stereocenters. The number of rotatable bonds is 3. The lowest BCUT2D eigenvalue weighted by molar-refractivity contribution is -0.104. The Bertz CT molecular complexity index is 346. The van der Waals surface area contributed by atoms with Crippen molar-refractivity contribution in [2.45, 2.75) is 19.3 Å². The number of ether oxygens (including phenoxy) is 1. The van der Waals surface area contributed by atoms with Gasteiger partial charge in [0.15, 0.2) is 0 Å². The van der Waals surface area contributed by atoms with Gasteiger partial charge in [-0.2, -0.15) is 0 Å². The molecule has 0 atom stereocenters. The molecular formula is C11H12F2O2. The zero-order chi connectivity index (χ0) is 11.5. The summed E-state index contributed by atoms with van der Waals surface area (Å²) in [5, 5.41) is 0. The smallest absolute Gasteiger partial charge is 0.267 e. The molecule has 0 aromatic heterocycles. The molecule has 0 aromatic carbocycles. The van der Waals surface area contributed by atoms with Gasteiger partial charge in [-0.1, -0.05) is 0 Å². The van der Waals surface area contributed by atoms with E-state index in [1.54, 1.807) is 0 Å². The number of alkyl halides is 2. The second-order valence-corrected chi connectivity index (χ2v) is 3.36. The molecule has 0 fully saturated rings. The molecule has 0 saturated heterocycles. The Morgan fingerprint density at radius 1 is 1.47 bits per heavy atom. The fourth-order valence-electron chi connectivity index (χ4n) is 1.23. The van der Waals surface area contributed by atoms with Crippen molar-refractivity contribution >= 4 is 6.29 Å². The molecule has 0 bridgehead atoms. The molecule has 0 amide bonds. The maximum Gasteiger partial charge on any atom is 0.267 e. The number of carbonyl (C=O) groups is 1. The average Bonchev–Trinajstić information content (AvgIpc) is 2.38. The Labute approximate surface area is 86.9 Å². The predicted molar refractivity (Wildman–Crippen MR) is 52.6 cm³/mol. The SMILES string of the molecule is COC1=CC=C(C=O)C=C(C(C)(F)F)C1. The van der Waals surface area contributed by atoms with Gasteiger partial charge in [0.05, 0.1) is 12.9 Å². The predicted octanol–water partition coefficient (Wildman–Crippen LogP) is 2.63. The summed E-state index contributed by atoms with van der Waals surface area (Å²) in [4.78, 5) is 10.6.